The molecule has 0 spiro atoms. The predicted molar refractivity (Wildman–Crippen MR) is 97.5 cm³/mol. The van der Waals surface area contributed by atoms with E-state index in [1.165, 1.54) is 18.7 Å². The number of nitriles is 1. The Morgan fingerprint density at radius 3 is 2.36 bits per heavy atom. The number of furan rings is 4. The van der Waals surface area contributed by atoms with Gasteiger partial charge in [0.2, 0.25) is 5.88 Å². The van der Waals surface area contributed by atoms with Crippen molar-refractivity contribution in [3.8, 4) is 28.9 Å². The minimum atomic E-state index is 0.159. The van der Waals surface area contributed by atoms with Gasteiger partial charge in [0, 0.05) is 0 Å². The number of halogens is 1. The Hall–Kier alpha value is -2.99. The fourth-order valence-electron chi connectivity index (χ4n) is 2.37. The Kier molecular flexibility index (Phi) is 4.03. The van der Waals surface area contributed by atoms with Gasteiger partial charge in [-0.2, -0.15) is 5.26 Å². The highest BCUT2D eigenvalue weighted by Gasteiger charge is 2.26. The van der Waals surface area contributed by atoms with E-state index in [1.807, 2.05) is 6.07 Å². The van der Waals surface area contributed by atoms with Gasteiger partial charge in [0.05, 0.1) is 24.3 Å². The molecule has 122 valence electrons. The van der Waals surface area contributed by atoms with Crippen LogP contribution in [0.2, 0.25) is 0 Å². The van der Waals surface area contributed by atoms with Gasteiger partial charge in [-0.15, -0.1) is 0 Å². The maximum absolute atomic E-state index is 9.63. The molecule has 4 rings (SSSR count). The van der Waals surface area contributed by atoms with Gasteiger partial charge in [0.1, 0.15) is 23.2 Å². The van der Waals surface area contributed by atoms with Crippen LogP contribution in [0.1, 0.15) is 11.3 Å². The lowest BCUT2D eigenvalue weighted by Gasteiger charge is -1.96. The van der Waals surface area contributed by atoms with E-state index in [2.05, 4.69) is 33.7 Å². The summed E-state index contributed by atoms with van der Waals surface area (Å²) in [4.78, 5) is 4.27. The number of hydrogen-bond donors (Lipinski definition) is 0. The smallest absolute Gasteiger partial charge is 0.238 e. The molecule has 0 aliphatic rings. The normalized spacial score (nSPS) is 11.2. The van der Waals surface area contributed by atoms with Gasteiger partial charge in [0.15, 0.2) is 15.3 Å². The van der Waals surface area contributed by atoms with Crippen molar-refractivity contribution in [2.24, 2.45) is 4.99 Å². The minimum Gasteiger partial charge on any atom is -0.464 e. The lowest BCUT2D eigenvalue weighted by atomic mass is 10.1. The molecule has 4 aromatic rings. The van der Waals surface area contributed by atoms with Crippen LogP contribution >= 0.6 is 22.6 Å². The molecule has 0 radical (unpaired) electrons. The van der Waals surface area contributed by atoms with Gasteiger partial charge in [0.25, 0.3) is 0 Å². The summed E-state index contributed by atoms with van der Waals surface area (Å²) in [6, 6.07) is 12.7. The van der Waals surface area contributed by atoms with Crippen molar-refractivity contribution in [3.63, 3.8) is 0 Å². The van der Waals surface area contributed by atoms with Crippen LogP contribution in [0, 0.1) is 15.1 Å². The lowest BCUT2D eigenvalue weighted by molar-refractivity contribution is 0.525. The maximum Gasteiger partial charge on any atom is 0.238 e. The second-order valence-corrected chi connectivity index (χ2v) is 6.02. The zero-order chi connectivity index (χ0) is 17.2. The highest BCUT2D eigenvalue weighted by molar-refractivity contribution is 14.1. The van der Waals surface area contributed by atoms with Gasteiger partial charge in [-0.3, -0.25) is 0 Å². The Morgan fingerprint density at radius 1 is 1.00 bits per heavy atom. The molecule has 0 amide bonds. The number of aliphatic imine (C=N–C) groups is 1. The summed E-state index contributed by atoms with van der Waals surface area (Å²) >= 11 is 2.06. The molecule has 0 N–H and O–H groups in total. The molecule has 7 heteroatoms. The zero-order valence-corrected chi connectivity index (χ0v) is 14.8. The molecule has 0 atom stereocenters. The fraction of sp³-hybridized carbons (Fsp3) is 0. The first-order valence-corrected chi connectivity index (χ1v) is 8.28. The van der Waals surface area contributed by atoms with Crippen LogP contribution in [-0.2, 0) is 0 Å². The van der Waals surface area contributed by atoms with Crippen molar-refractivity contribution in [1.82, 2.24) is 0 Å². The largest absolute Gasteiger partial charge is 0.464 e. The van der Waals surface area contributed by atoms with Crippen LogP contribution in [0.4, 0.5) is 5.88 Å². The minimum absolute atomic E-state index is 0.159. The molecular weight excluding hydrogens is 435 g/mol. The van der Waals surface area contributed by atoms with Crippen molar-refractivity contribution < 1.29 is 17.7 Å². The average Bonchev–Trinajstić information content (AvgIpc) is 3.37. The van der Waals surface area contributed by atoms with Crippen LogP contribution in [0.5, 0.6) is 0 Å². The Bertz CT molecular complexity index is 1060. The molecule has 0 bridgehead atoms. The van der Waals surface area contributed by atoms with Crippen molar-refractivity contribution in [2.45, 2.75) is 0 Å². The lowest BCUT2D eigenvalue weighted by Crippen LogP contribution is -1.80. The van der Waals surface area contributed by atoms with Gasteiger partial charge in [-0.05, 0) is 59.0 Å². The van der Waals surface area contributed by atoms with Crippen molar-refractivity contribution in [3.05, 3.63) is 64.0 Å². The third-order valence-electron chi connectivity index (χ3n) is 3.42. The fourth-order valence-corrected chi connectivity index (χ4v) is 2.80. The first-order chi connectivity index (χ1) is 12.3. The average molecular weight is 444 g/mol. The molecular formula is C18H9IN2O4. The van der Waals surface area contributed by atoms with Crippen molar-refractivity contribution >= 4 is 34.7 Å². The van der Waals surface area contributed by atoms with Gasteiger partial charge in [-0.25, -0.2) is 4.99 Å². The summed E-state index contributed by atoms with van der Waals surface area (Å²) in [5.74, 6) is 2.09. The SMILES string of the molecule is N#Cc1c(N=Cc2ccc(I)o2)oc(-c2ccco2)c1-c1ccco1. The quantitative estimate of drug-likeness (QED) is 0.301. The molecule has 6 nitrogen and oxygen atoms in total. The zero-order valence-electron chi connectivity index (χ0n) is 12.6. The first kappa shape index (κ1) is 15.5. The molecule has 0 fully saturated rings. The molecule has 4 aromatic heterocycles. The Morgan fingerprint density at radius 2 is 1.76 bits per heavy atom. The summed E-state index contributed by atoms with van der Waals surface area (Å²) in [6.07, 6.45) is 4.56. The van der Waals surface area contributed by atoms with Crippen LogP contribution in [0.25, 0.3) is 22.8 Å². The highest BCUT2D eigenvalue weighted by Crippen LogP contribution is 2.42. The number of nitrogens with zero attached hydrogens (tertiary/aromatic N) is 2. The summed E-state index contributed by atoms with van der Waals surface area (Å²) < 4.78 is 22.9. The second kappa shape index (κ2) is 6.49. The molecule has 0 aliphatic carbocycles. The highest BCUT2D eigenvalue weighted by atomic mass is 127. The van der Waals surface area contributed by atoms with E-state index in [0.717, 1.165) is 3.77 Å². The van der Waals surface area contributed by atoms with E-state index >= 15 is 0 Å². The molecule has 0 unspecified atom stereocenters. The van der Waals surface area contributed by atoms with E-state index in [4.69, 9.17) is 17.7 Å². The van der Waals surface area contributed by atoms with E-state index in [9.17, 15) is 5.26 Å². The van der Waals surface area contributed by atoms with E-state index in [1.54, 1.807) is 30.3 Å². The standard InChI is InChI=1S/C18H9IN2O4/c19-15-6-5-11(24-15)10-21-18-12(9-20)16(13-3-1-7-22-13)17(25-18)14-4-2-8-23-14/h1-8,10H. The van der Waals surface area contributed by atoms with Crippen LogP contribution in [-0.4, -0.2) is 6.21 Å². The van der Waals surface area contributed by atoms with Gasteiger partial charge < -0.3 is 17.7 Å². The molecule has 0 saturated heterocycles. The molecule has 25 heavy (non-hydrogen) atoms. The van der Waals surface area contributed by atoms with E-state index in [-0.39, 0.29) is 11.4 Å². The third kappa shape index (κ3) is 2.92. The third-order valence-corrected chi connectivity index (χ3v) is 4.00. The molecule has 0 aliphatic heterocycles. The van der Waals surface area contributed by atoms with Crippen LogP contribution < -0.4 is 0 Å². The maximum atomic E-state index is 9.63. The molecule has 0 aromatic carbocycles. The molecule has 0 saturated carbocycles. The van der Waals surface area contributed by atoms with Crippen LogP contribution in [0.3, 0.4) is 0 Å². The van der Waals surface area contributed by atoms with Gasteiger partial charge >= 0.3 is 0 Å². The molecule has 4 heterocycles. The Labute approximate surface area is 155 Å². The van der Waals surface area contributed by atoms with Crippen LogP contribution in [0.15, 0.2) is 71.6 Å². The van der Waals surface area contributed by atoms with Crippen molar-refractivity contribution in [1.29, 1.82) is 5.26 Å². The topological polar surface area (TPSA) is 88.7 Å². The summed E-state index contributed by atoms with van der Waals surface area (Å²) in [6.45, 7) is 0. The number of rotatable bonds is 4. The Balaban J connectivity index is 1.87. The van der Waals surface area contributed by atoms with Crippen molar-refractivity contribution in [2.75, 3.05) is 0 Å². The van der Waals surface area contributed by atoms with Gasteiger partial charge in [-0.1, -0.05) is 0 Å². The monoisotopic (exact) mass is 444 g/mol. The second-order valence-electron chi connectivity index (χ2n) is 4.95. The first-order valence-electron chi connectivity index (χ1n) is 7.20. The summed E-state index contributed by atoms with van der Waals surface area (Å²) in [5.41, 5.74) is 0.766. The van der Waals surface area contributed by atoms with E-state index in [0.29, 0.717) is 28.6 Å². The summed E-state index contributed by atoms with van der Waals surface area (Å²) in [7, 11) is 0. The predicted octanol–water partition coefficient (Wildman–Crippen LogP) is 5.62. The number of hydrogen-bond acceptors (Lipinski definition) is 6. The summed E-state index contributed by atoms with van der Waals surface area (Å²) in [5, 5.41) is 9.63. The van der Waals surface area contributed by atoms with E-state index < -0.39 is 0 Å².